The minimum Gasteiger partial charge on any atom is -0.383 e. The number of ether oxygens (including phenoxy) is 1. The fraction of sp³-hybridized carbons (Fsp3) is 1.00. The third kappa shape index (κ3) is 2.43. The molecule has 2 nitrogen and oxygen atoms in total. The van der Waals surface area contributed by atoms with E-state index in [1.807, 2.05) is 0 Å². The van der Waals surface area contributed by atoms with Crippen LogP contribution in [0.4, 0.5) is 0 Å². The molecular weight excluding hydrogens is 198 g/mol. The van der Waals surface area contributed by atoms with Crippen molar-refractivity contribution < 1.29 is 4.74 Å². The van der Waals surface area contributed by atoms with E-state index < -0.39 is 0 Å². The standard InChI is InChI=1S/C14H29NO/c1-10(2)11(9-16-7)15-8-12-13(3,4)14(12,5)6/h10-12,15H,8-9H2,1-7H3. The Kier molecular flexibility index (Phi) is 4.07. The zero-order valence-corrected chi connectivity index (χ0v) is 12.1. The number of nitrogens with one attached hydrogen (secondary N) is 1. The second kappa shape index (κ2) is 4.66. The summed E-state index contributed by atoms with van der Waals surface area (Å²) in [6, 6.07) is 0.484. The molecule has 0 aromatic rings. The minimum absolute atomic E-state index is 0.481. The Labute approximate surface area is 101 Å². The fourth-order valence-corrected chi connectivity index (χ4v) is 2.78. The Morgan fingerprint density at radius 2 is 1.62 bits per heavy atom. The average molecular weight is 227 g/mol. The Bertz CT molecular complexity index is 219. The molecule has 1 fully saturated rings. The van der Waals surface area contributed by atoms with Crippen LogP contribution < -0.4 is 5.32 Å². The molecule has 0 aromatic carbocycles. The first-order valence-electron chi connectivity index (χ1n) is 6.47. The van der Waals surface area contributed by atoms with E-state index in [9.17, 15) is 0 Å². The zero-order chi connectivity index (χ0) is 12.6. The van der Waals surface area contributed by atoms with Gasteiger partial charge in [0.2, 0.25) is 0 Å². The van der Waals surface area contributed by atoms with Crippen molar-refractivity contribution in [1.29, 1.82) is 0 Å². The van der Waals surface area contributed by atoms with Crippen molar-refractivity contribution in [2.45, 2.75) is 47.6 Å². The summed E-state index contributed by atoms with van der Waals surface area (Å²) in [6.45, 7) is 15.9. The van der Waals surface area contributed by atoms with Crippen molar-refractivity contribution in [3.63, 3.8) is 0 Å². The van der Waals surface area contributed by atoms with Gasteiger partial charge in [0.1, 0.15) is 0 Å². The third-order valence-corrected chi connectivity index (χ3v) is 5.05. The number of hydrogen-bond donors (Lipinski definition) is 1. The number of hydrogen-bond acceptors (Lipinski definition) is 2. The molecule has 1 rings (SSSR count). The highest BCUT2D eigenvalue weighted by atomic mass is 16.5. The van der Waals surface area contributed by atoms with Crippen LogP contribution in [0.2, 0.25) is 0 Å². The summed E-state index contributed by atoms with van der Waals surface area (Å²) in [5, 5.41) is 3.67. The summed E-state index contributed by atoms with van der Waals surface area (Å²) in [4.78, 5) is 0. The lowest BCUT2D eigenvalue weighted by Gasteiger charge is -2.22. The summed E-state index contributed by atoms with van der Waals surface area (Å²) in [5.74, 6) is 1.42. The van der Waals surface area contributed by atoms with Gasteiger partial charge in [-0.15, -0.1) is 0 Å². The molecule has 0 heterocycles. The SMILES string of the molecule is COCC(NCC1C(C)(C)C1(C)C)C(C)C. The van der Waals surface area contributed by atoms with Crippen LogP contribution >= 0.6 is 0 Å². The van der Waals surface area contributed by atoms with Crippen LogP contribution in [0.25, 0.3) is 0 Å². The molecule has 0 amide bonds. The molecule has 1 N–H and O–H groups in total. The highest BCUT2D eigenvalue weighted by Gasteiger charge is 2.63. The zero-order valence-electron chi connectivity index (χ0n) is 12.1. The normalized spacial score (nSPS) is 24.8. The average Bonchev–Trinajstić information content (AvgIpc) is 2.52. The molecule has 1 unspecified atom stereocenters. The molecule has 16 heavy (non-hydrogen) atoms. The molecule has 1 atom stereocenters. The van der Waals surface area contributed by atoms with Crippen LogP contribution in [0.5, 0.6) is 0 Å². The predicted octanol–water partition coefficient (Wildman–Crippen LogP) is 2.93. The quantitative estimate of drug-likeness (QED) is 0.753. The van der Waals surface area contributed by atoms with Gasteiger partial charge in [-0.25, -0.2) is 0 Å². The van der Waals surface area contributed by atoms with Crippen LogP contribution in [-0.2, 0) is 4.74 Å². The van der Waals surface area contributed by atoms with Gasteiger partial charge in [-0.1, -0.05) is 41.5 Å². The predicted molar refractivity (Wildman–Crippen MR) is 69.6 cm³/mol. The van der Waals surface area contributed by atoms with Gasteiger partial charge in [-0.2, -0.15) is 0 Å². The van der Waals surface area contributed by atoms with Gasteiger partial charge in [0.05, 0.1) is 6.61 Å². The second-order valence-electron chi connectivity index (χ2n) is 6.71. The van der Waals surface area contributed by atoms with Crippen LogP contribution in [0.15, 0.2) is 0 Å². The van der Waals surface area contributed by atoms with Gasteiger partial charge in [0, 0.05) is 13.2 Å². The fourth-order valence-electron chi connectivity index (χ4n) is 2.78. The lowest BCUT2D eigenvalue weighted by atomic mass is 10.0. The van der Waals surface area contributed by atoms with Gasteiger partial charge >= 0.3 is 0 Å². The van der Waals surface area contributed by atoms with Crippen molar-refractivity contribution in [3.05, 3.63) is 0 Å². The number of rotatable bonds is 6. The van der Waals surface area contributed by atoms with Crippen LogP contribution in [0.1, 0.15) is 41.5 Å². The second-order valence-corrected chi connectivity index (χ2v) is 6.71. The van der Waals surface area contributed by atoms with Gasteiger partial charge in [-0.3, -0.25) is 0 Å². The van der Waals surface area contributed by atoms with Crippen molar-refractivity contribution in [2.75, 3.05) is 20.3 Å². The van der Waals surface area contributed by atoms with Crippen LogP contribution in [-0.4, -0.2) is 26.3 Å². The van der Waals surface area contributed by atoms with E-state index in [2.05, 4.69) is 46.9 Å². The Balaban J connectivity index is 2.40. The van der Waals surface area contributed by atoms with Crippen LogP contribution in [0, 0.1) is 22.7 Å². The minimum atomic E-state index is 0.481. The molecule has 1 aliphatic carbocycles. The molecule has 0 aromatic heterocycles. The van der Waals surface area contributed by atoms with Crippen LogP contribution in [0.3, 0.4) is 0 Å². The molecule has 0 aliphatic heterocycles. The maximum absolute atomic E-state index is 5.26. The Morgan fingerprint density at radius 3 is 1.94 bits per heavy atom. The van der Waals surface area contributed by atoms with Crippen molar-refractivity contribution in [2.24, 2.45) is 22.7 Å². The third-order valence-electron chi connectivity index (χ3n) is 5.05. The molecule has 1 aliphatic rings. The Morgan fingerprint density at radius 1 is 1.12 bits per heavy atom. The van der Waals surface area contributed by atoms with Gasteiger partial charge in [0.25, 0.3) is 0 Å². The summed E-state index contributed by atoms with van der Waals surface area (Å²) in [6.07, 6.45) is 0. The Hall–Kier alpha value is -0.0800. The van der Waals surface area contributed by atoms with E-state index >= 15 is 0 Å². The molecule has 0 bridgehead atoms. The van der Waals surface area contributed by atoms with Crippen molar-refractivity contribution in [1.82, 2.24) is 5.32 Å². The monoisotopic (exact) mass is 227 g/mol. The maximum atomic E-state index is 5.26. The topological polar surface area (TPSA) is 21.3 Å². The maximum Gasteiger partial charge on any atom is 0.0618 e. The van der Waals surface area contributed by atoms with E-state index in [4.69, 9.17) is 4.74 Å². The molecular formula is C14H29NO. The molecule has 2 heteroatoms. The van der Waals surface area contributed by atoms with Crippen molar-refractivity contribution >= 4 is 0 Å². The highest BCUT2D eigenvalue weighted by molar-refractivity contribution is 5.13. The van der Waals surface area contributed by atoms with Crippen molar-refractivity contribution in [3.8, 4) is 0 Å². The molecule has 0 spiro atoms. The first-order valence-corrected chi connectivity index (χ1v) is 6.47. The summed E-state index contributed by atoms with van der Waals surface area (Å²) < 4.78 is 5.26. The molecule has 96 valence electrons. The molecule has 0 radical (unpaired) electrons. The van der Waals surface area contributed by atoms with Gasteiger partial charge in [0.15, 0.2) is 0 Å². The molecule has 0 saturated heterocycles. The summed E-state index contributed by atoms with van der Waals surface area (Å²) in [5.41, 5.74) is 0.962. The first-order chi connectivity index (χ1) is 7.25. The number of methoxy groups -OCH3 is 1. The highest BCUT2D eigenvalue weighted by Crippen LogP contribution is 2.67. The van der Waals surface area contributed by atoms with Gasteiger partial charge < -0.3 is 10.1 Å². The first kappa shape index (κ1) is 14.0. The smallest absolute Gasteiger partial charge is 0.0618 e. The largest absolute Gasteiger partial charge is 0.383 e. The summed E-state index contributed by atoms with van der Waals surface area (Å²) >= 11 is 0. The van der Waals surface area contributed by atoms with E-state index in [0.717, 1.165) is 19.1 Å². The van der Waals surface area contributed by atoms with E-state index in [1.54, 1.807) is 7.11 Å². The van der Waals surface area contributed by atoms with E-state index in [1.165, 1.54) is 0 Å². The lowest BCUT2D eigenvalue weighted by molar-refractivity contribution is 0.145. The van der Waals surface area contributed by atoms with Gasteiger partial charge in [-0.05, 0) is 29.2 Å². The van der Waals surface area contributed by atoms with E-state index in [-0.39, 0.29) is 0 Å². The van der Waals surface area contributed by atoms with E-state index in [0.29, 0.717) is 22.8 Å². The summed E-state index contributed by atoms with van der Waals surface area (Å²) in [7, 11) is 1.78. The lowest BCUT2D eigenvalue weighted by Crippen LogP contribution is -2.39. The molecule has 1 saturated carbocycles.